The molecule has 10 aliphatic heterocycles. The van der Waals surface area contributed by atoms with Gasteiger partial charge in [-0.25, -0.2) is 0 Å². The molecule has 680 valence electrons. The number of nitrogens with one attached hydrogen (secondary N) is 2. The van der Waals surface area contributed by atoms with Crippen molar-refractivity contribution in [2.45, 2.75) is 321 Å². The van der Waals surface area contributed by atoms with Gasteiger partial charge in [-0.1, -0.05) is 0 Å². The normalized spacial score (nSPS) is 51.0. The minimum absolute atomic E-state index is 0.813. The molecular weight excluding hydrogens is 1610 g/mol. The number of carbonyl (C=O) groups is 2. The van der Waals surface area contributed by atoms with Gasteiger partial charge >= 0.3 is 0 Å². The first-order chi connectivity index (χ1) is 55.4. The van der Waals surface area contributed by atoms with Crippen LogP contribution in [0, 0.1) is 0 Å². The summed E-state index contributed by atoms with van der Waals surface area (Å²) in [7, 11) is 0. The third kappa shape index (κ3) is 20.7. The van der Waals surface area contributed by atoms with Crippen molar-refractivity contribution in [3.63, 3.8) is 0 Å². The molecule has 10 heterocycles. The van der Waals surface area contributed by atoms with Gasteiger partial charge in [-0.3, -0.25) is 9.59 Å². The van der Waals surface area contributed by atoms with Gasteiger partial charge in [-0.05, 0) is 0 Å². The molecule has 53 nitrogen and oxygen atoms in total. The summed E-state index contributed by atoms with van der Waals surface area (Å²) in [6.07, 6.45) is -105. The Balaban J connectivity index is 1.04. The fourth-order valence-corrected chi connectivity index (χ4v) is 15.0. The van der Waals surface area contributed by atoms with E-state index in [1.54, 1.807) is 0 Å². The number of aliphatic hydroxyl groups excluding tert-OH is 30. The van der Waals surface area contributed by atoms with E-state index in [0.717, 1.165) is 13.8 Å². The summed E-state index contributed by atoms with van der Waals surface area (Å²) < 4.78 is 112. The Kier molecular flexibility index (Phi) is 34.4. The minimum Gasteiger partial charge on any atom is -0.394 e. The van der Waals surface area contributed by atoms with Crippen LogP contribution < -0.4 is 10.6 Å². The number of hydrogen-bond acceptors (Lipinski definition) is 51. The summed E-state index contributed by atoms with van der Waals surface area (Å²) in [5.41, 5.74) is 0. The molecule has 10 rings (SSSR count). The molecule has 117 heavy (non-hydrogen) atoms. The monoisotopic (exact) mass is 1720 g/mol. The Hall–Kier alpha value is -3.02. The molecule has 10 saturated heterocycles. The zero-order chi connectivity index (χ0) is 85.9. The lowest BCUT2D eigenvalue weighted by Crippen LogP contribution is -2.70. The van der Waals surface area contributed by atoms with E-state index in [1.165, 1.54) is 0 Å². The van der Waals surface area contributed by atoms with Crippen LogP contribution in [0.4, 0.5) is 0 Å². The first-order valence-electron chi connectivity index (χ1n) is 37.2. The van der Waals surface area contributed by atoms with Crippen LogP contribution in [0.1, 0.15) is 13.8 Å². The number of aliphatic hydroxyl groups is 30. The molecule has 0 aromatic carbocycles. The van der Waals surface area contributed by atoms with Crippen LogP contribution in [0.3, 0.4) is 0 Å². The molecule has 0 aromatic rings. The fourth-order valence-electron chi connectivity index (χ4n) is 15.0. The maximum atomic E-state index is 13.1. The Bertz CT molecular complexity index is 3050. The van der Waals surface area contributed by atoms with Gasteiger partial charge in [0, 0.05) is 13.8 Å². The van der Waals surface area contributed by atoms with Gasteiger partial charge in [-0.2, -0.15) is 0 Å². The maximum Gasteiger partial charge on any atom is 0.217 e. The number of carbonyl (C=O) groups excluding carboxylic acids is 2. The summed E-state index contributed by atoms with van der Waals surface area (Å²) in [6, 6.07) is -3.68. The predicted molar refractivity (Wildman–Crippen MR) is 353 cm³/mol. The van der Waals surface area contributed by atoms with Crippen LogP contribution in [0.15, 0.2) is 0 Å². The highest BCUT2D eigenvalue weighted by atomic mass is 16.8. The highest BCUT2D eigenvalue weighted by molar-refractivity contribution is 5.73. The molecule has 0 spiro atoms. The van der Waals surface area contributed by atoms with E-state index >= 15 is 0 Å². The van der Waals surface area contributed by atoms with Crippen LogP contribution in [0.2, 0.25) is 0 Å². The van der Waals surface area contributed by atoms with E-state index in [0.29, 0.717) is 0 Å². The minimum atomic E-state index is -2.68. The van der Waals surface area contributed by atoms with Crippen molar-refractivity contribution in [3.8, 4) is 0 Å². The van der Waals surface area contributed by atoms with Gasteiger partial charge in [0.1, 0.15) is 244 Å². The van der Waals surface area contributed by atoms with Gasteiger partial charge < -0.3 is 254 Å². The third-order valence-electron chi connectivity index (χ3n) is 21.6. The predicted octanol–water partition coefficient (Wildman–Crippen LogP) is -22.5. The molecule has 0 aromatic heterocycles. The second kappa shape index (κ2) is 41.9. The quantitative estimate of drug-likeness (QED) is 0.0306. The largest absolute Gasteiger partial charge is 0.394 e. The van der Waals surface area contributed by atoms with E-state index in [9.17, 15) is 163 Å². The Labute approximate surface area is 660 Å². The highest BCUT2D eigenvalue weighted by Crippen LogP contribution is 2.41. The molecule has 10 aliphatic rings. The first-order valence-corrected chi connectivity index (χ1v) is 37.2. The maximum absolute atomic E-state index is 13.1. The Morgan fingerprint density at radius 1 is 0.265 bits per heavy atom. The fraction of sp³-hybridized carbons (Fsp3) is 0.969. The van der Waals surface area contributed by atoms with Crippen molar-refractivity contribution >= 4 is 11.8 Å². The Morgan fingerprint density at radius 2 is 0.573 bits per heavy atom. The molecule has 0 radical (unpaired) electrons. The van der Waals surface area contributed by atoms with Gasteiger partial charge in [-0.15, -0.1) is 0 Å². The summed E-state index contributed by atoms with van der Waals surface area (Å²) >= 11 is 0. The Morgan fingerprint density at radius 3 is 1.03 bits per heavy atom. The molecule has 32 N–H and O–H groups in total. The van der Waals surface area contributed by atoms with E-state index in [1.807, 2.05) is 0 Å². The summed E-state index contributed by atoms with van der Waals surface area (Å²) in [6.45, 7) is -9.52. The van der Waals surface area contributed by atoms with E-state index in [-0.39, 0.29) is 0 Å². The molecule has 2 amide bonds. The molecule has 0 saturated carbocycles. The summed E-state index contributed by atoms with van der Waals surface area (Å²) in [5.74, 6) is -1.80. The van der Waals surface area contributed by atoms with E-state index < -0.39 is 385 Å². The van der Waals surface area contributed by atoms with Gasteiger partial charge in [0.25, 0.3) is 0 Å². The summed E-state index contributed by atoms with van der Waals surface area (Å²) in [4.78, 5) is 25.3. The number of amides is 2. The second-order valence-corrected chi connectivity index (χ2v) is 29.5. The van der Waals surface area contributed by atoms with Gasteiger partial charge in [0.2, 0.25) is 11.8 Å². The van der Waals surface area contributed by atoms with Crippen molar-refractivity contribution in [3.05, 3.63) is 0 Å². The number of hydrogen-bond donors (Lipinski definition) is 32. The highest BCUT2D eigenvalue weighted by Gasteiger charge is 2.62. The standard InChI is InChI=1S/C64H108N2O51/c1-13(75)65-25-34(85)48(21(9-73)101-55(25)98)111-56-26(66-14(2)76)35(86)49(22(10-74)107-56)112-61-46(97)50(113-63-53(40(91)31(82)19(7-71)105-63)116-64-52(39(90)30(81)20(8-72)106-64)115-59-44(95)38(89)29(80)18(6-70)104-59)32(83)23(108-61)12-100-62-54(117-60-45(96)41(92)47(110-60)15(77)3-67)51(114-58-43(94)37(88)28(79)17(5-69)103-58)33(84)24(109-62)11-99-57-42(93)36(87)27(78)16(4-68)102-57/h15-64,67-74,77-98H,3-12H2,1-2H3,(H,65,75)(H,66,76)/t15-,16-,17-,18-,19-,20-,21-,22-,23-,24-,25-,26-,27-,28-,29-,30-,31-,32-,33-,34-,35-,36+,37+,38+,39+,40+,41-,42+,43+,44+,45-,46+,47+,48-,49-,50+,51+,52+,53+,54+,55?,56+,57+,58-,59-,60+,61+,62+,63-,64-/m1/s1. The number of rotatable bonds is 31. The first kappa shape index (κ1) is 96.2. The van der Waals surface area contributed by atoms with Crippen LogP contribution in [-0.2, 0) is 99.6 Å². The number of ether oxygens (including phenoxy) is 19. The van der Waals surface area contributed by atoms with E-state index in [4.69, 9.17) is 90.0 Å². The molecule has 10 fully saturated rings. The average Bonchev–Trinajstić information content (AvgIpc) is 1.13. The lowest BCUT2D eigenvalue weighted by atomic mass is 9.94. The summed E-state index contributed by atoms with van der Waals surface area (Å²) in [5, 5.41) is 337. The van der Waals surface area contributed by atoms with Gasteiger partial charge in [0.15, 0.2) is 62.9 Å². The molecule has 0 bridgehead atoms. The molecule has 53 heteroatoms. The van der Waals surface area contributed by atoms with Crippen LogP contribution >= 0.6 is 0 Å². The van der Waals surface area contributed by atoms with Crippen molar-refractivity contribution in [1.29, 1.82) is 0 Å². The molecular formula is C64H108N2O51. The van der Waals surface area contributed by atoms with Gasteiger partial charge in [0.05, 0.1) is 66.1 Å². The van der Waals surface area contributed by atoms with E-state index in [2.05, 4.69) is 10.6 Å². The van der Waals surface area contributed by atoms with Crippen molar-refractivity contribution < 1.29 is 253 Å². The molecule has 0 aliphatic carbocycles. The third-order valence-corrected chi connectivity index (χ3v) is 21.6. The van der Waals surface area contributed by atoms with Crippen molar-refractivity contribution in [2.24, 2.45) is 0 Å². The zero-order valence-corrected chi connectivity index (χ0v) is 61.9. The molecule has 1 unspecified atom stereocenters. The zero-order valence-electron chi connectivity index (χ0n) is 61.9. The van der Waals surface area contributed by atoms with Crippen LogP contribution in [-0.4, -0.2) is 538 Å². The smallest absolute Gasteiger partial charge is 0.217 e. The lowest BCUT2D eigenvalue weighted by Gasteiger charge is -2.51. The van der Waals surface area contributed by atoms with Crippen LogP contribution in [0.5, 0.6) is 0 Å². The van der Waals surface area contributed by atoms with Crippen LogP contribution in [0.25, 0.3) is 0 Å². The SMILES string of the molecule is CC(=O)N[C@H]1[C@H](O[C@H]2[C@H](O)[C@@H](NC(C)=O)C(O)O[C@@H]2CO)O[C@H](CO)[C@@H](O[C@@H]2O[C@H](CO[C@H]3O[C@H](CO[C@H]4O[C@H](CO)[C@@H](O)[C@H](O)[C@@H]4O)[C@@H](O)[C@H](O[C@H]4O[C@H](CO)[C@@H](O)[C@H](O)[C@@H]4O)[C@@H]3O[C@@H]3O[C@@H]([C@H](O)CO)[C@H](O)[C@H]3O)[C@@H](O)[C@H](O[C@H]3O[C@H](CO)[C@@H](O)[C@H](O)[C@@H]3O[C@H]3O[C@H](CO)[C@@H](O)[C@H](O)[C@@H]3O[C@H]3O[C@H](CO)[C@@H](O)[C@H](O)[C@@H]3O)[C@@H]2O)[C@@H]1O. The van der Waals surface area contributed by atoms with Crippen molar-refractivity contribution in [2.75, 3.05) is 66.1 Å². The second-order valence-electron chi connectivity index (χ2n) is 29.5. The topological polar surface area (TPSA) is 840 Å². The molecule has 50 atom stereocenters. The average molecular weight is 1720 g/mol. The lowest BCUT2D eigenvalue weighted by molar-refractivity contribution is -0.409. The van der Waals surface area contributed by atoms with Crippen molar-refractivity contribution in [1.82, 2.24) is 10.6 Å².